The second-order valence-electron chi connectivity index (χ2n) is 5.23. The van der Waals surface area contributed by atoms with Crippen molar-refractivity contribution in [2.24, 2.45) is 0 Å². The van der Waals surface area contributed by atoms with Gasteiger partial charge in [0.05, 0.1) is 0 Å². The number of amides is 1. The summed E-state index contributed by atoms with van der Waals surface area (Å²) in [7, 11) is 0. The van der Waals surface area contributed by atoms with E-state index in [1.54, 1.807) is 6.07 Å². The highest BCUT2D eigenvalue weighted by Crippen LogP contribution is 2.14. The number of benzene rings is 2. The number of rotatable bonds is 4. The molecule has 0 aliphatic heterocycles. The van der Waals surface area contributed by atoms with Gasteiger partial charge in [-0.2, -0.15) is 0 Å². The van der Waals surface area contributed by atoms with Gasteiger partial charge in [-0.3, -0.25) is 9.59 Å². The average Bonchev–Trinajstić information content (AvgIpc) is 2.58. The predicted molar refractivity (Wildman–Crippen MR) is 90.7 cm³/mol. The van der Waals surface area contributed by atoms with Gasteiger partial charge in [-0.15, -0.1) is 0 Å². The Morgan fingerprint density at radius 1 is 0.870 bits per heavy atom. The van der Waals surface area contributed by atoms with Crippen molar-refractivity contribution in [2.45, 2.75) is 6.42 Å². The third-order valence-electron chi connectivity index (χ3n) is 3.53. The van der Waals surface area contributed by atoms with Crippen molar-refractivity contribution in [3.05, 3.63) is 100.0 Å². The zero-order chi connectivity index (χ0) is 16.1. The van der Waals surface area contributed by atoms with Crippen LogP contribution in [0.3, 0.4) is 0 Å². The Morgan fingerprint density at radius 2 is 1.57 bits per heavy atom. The van der Waals surface area contributed by atoms with E-state index in [1.807, 2.05) is 42.5 Å². The smallest absolute Gasteiger partial charge is 0.261 e. The molecule has 23 heavy (non-hydrogen) atoms. The second-order valence-corrected chi connectivity index (χ2v) is 5.23. The van der Waals surface area contributed by atoms with Crippen LogP contribution < -0.4 is 10.9 Å². The molecule has 3 rings (SSSR count). The van der Waals surface area contributed by atoms with Crippen LogP contribution >= 0.6 is 0 Å². The summed E-state index contributed by atoms with van der Waals surface area (Å²) in [6, 6.07) is 20.9. The number of aromatic amines is 1. The fourth-order valence-electron chi connectivity index (χ4n) is 2.34. The Bertz CT molecular complexity index is 852. The highest BCUT2D eigenvalue weighted by molar-refractivity contribution is 6.03. The van der Waals surface area contributed by atoms with E-state index in [0.29, 0.717) is 5.69 Å². The average molecular weight is 304 g/mol. The van der Waals surface area contributed by atoms with Crippen LogP contribution in [0.25, 0.3) is 0 Å². The van der Waals surface area contributed by atoms with E-state index in [2.05, 4.69) is 22.4 Å². The van der Waals surface area contributed by atoms with Crippen molar-refractivity contribution in [1.82, 2.24) is 4.98 Å². The molecule has 0 unspecified atom stereocenters. The van der Waals surface area contributed by atoms with Gasteiger partial charge in [0.25, 0.3) is 11.5 Å². The van der Waals surface area contributed by atoms with Crippen LogP contribution in [0.1, 0.15) is 21.5 Å². The molecule has 0 bridgehead atoms. The lowest BCUT2D eigenvalue weighted by atomic mass is 10.0. The van der Waals surface area contributed by atoms with Crippen LogP contribution in [-0.2, 0) is 6.42 Å². The maximum atomic E-state index is 12.1. The van der Waals surface area contributed by atoms with Gasteiger partial charge in [0, 0.05) is 11.9 Å². The molecule has 0 fully saturated rings. The van der Waals surface area contributed by atoms with Gasteiger partial charge >= 0.3 is 0 Å². The molecule has 0 saturated heterocycles. The summed E-state index contributed by atoms with van der Waals surface area (Å²) in [6.45, 7) is 0. The van der Waals surface area contributed by atoms with Gasteiger partial charge in [-0.05, 0) is 41.8 Å². The fourth-order valence-corrected chi connectivity index (χ4v) is 2.34. The largest absolute Gasteiger partial charge is 0.328 e. The van der Waals surface area contributed by atoms with Crippen LogP contribution in [-0.4, -0.2) is 10.9 Å². The van der Waals surface area contributed by atoms with Crippen molar-refractivity contribution in [1.29, 1.82) is 0 Å². The van der Waals surface area contributed by atoms with Crippen LogP contribution in [0.4, 0.5) is 5.69 Å². The zero-order valence-electron chi connectivity index (χ0n) is 12.5. The molecule has 0 spiro atoms. The minimum Gasteiger partial charge on any atom is -0.328 e. The molecule has 1 heterocycles. The molecule has 2 N–H and O–H groups in total. The zero-order valence-corrected chi connectivity index (χ0v) is 12.5. The number of anilines is 1. The topological polar surface area (TPSA) is 62.0 Å². The van der Waals surface area contributed by atoms with Crippen molar-refractivity contribution in [3.63, 3.8) is 0 Å². The number of pyridine rings is 1. The highest BCUT2D eigenvalue weighted by Gasteiger charge is 2.09. The van der Waals surface area contributed by atoms with Crippen LogP contribution in [0, 0.1) is 0 Å². The van der Waals surface area contributed by atoms with Gasteiger partial charge in [0.15, 0.2) is 0 Å². The molecule has 114 valence electrons. The van der Waals surface area contributed by atoms with E-state index in [-0.39, 0.29) is 5.56 Å². The first kappa shape index (κ1) is 14.8. The predicted octanol–water partition coefficient (Wildman–Crippen LogP) is 3.22. The molecule has 3 aromatic rings. The quantitative estimate of drug-likeness (QED) is 0.777. The van der Waals surface area contributed by atoms with E-state index in [9.17, 15) is 9.59 Å². The van der Waals surface area contributed by atoms with E-state index in [0.717, 1.165) is 12.0 Å². The van der Waals surface area contributed by atoms with Crippen LogP contribution in [0.15, 0.2) is 77.7 Å². The molecular formula is C19H16N2O2. The Kier molecular flexibility index (Phi) is 4.34. The van der Waals surface area contributed by atoms with E-state index in [1.165, 1.54) is 17.8 Å². The Labute approximate surface area is 133 Å². The summed E-state index contributed by atoms with van der Waals surface area (Å²) in [5.41, 5.74) is 2.76. The molecule has 4 heteroatoms. The second kappa shape index (κ2) is 6.75. The molecular weight excluding hydrogens is 288 g/mol. The van der Waals surface area contributed by atoms with E-state index >= 15 is 0 Å². The number of carbonyl (C=O) groups excluding carboxylic acids is 1. The first-order valence-electron chi connectivity index (χ1n) is 7.34. The van der Waals surface area contributed by atoms with Gasteiger partial charge in [0.1, 0.15) is 5.56 Å². The van der Waals surface area contributed by atoms with Crippen molar-refractivity contribution >= 4 is 11.6 Å². The lowest BCUT2D eigenvalue weighted by molar-refractivity contribution is 0.102. The maximum absolute atomic E-state index is 12.1. The van der Waals surface area contributed by atoms with Gasteiger partial charge < -0.3 is 10.3 Å². The monoisotopic (exact) mass is 304 g/mol. The minimum absolute atomic E-state index is 0.0980. The van der Waals surface area contributed by atoms with Crippen molar-refractivity contribution in [2.75, 3.05) is 5.32 Å². The molecule has 1 aromatic heterocycles. The molecule has 0 atom stereocenters. The van der Waals surface area contributed by atoms with Gasteiger partial charge in [-0.1, -0.05) is 42.5 Å². The molecule has 0 saturated carbocycles. The summed E-state index contributed by atoms with van der Waals surface area (Å²) in [5, 5.41) is 2.73. The number of aromatic nitrogens is 1. The molecule has 0 aliphatic carbocycles. The number of H-pyrrole nitrogens is 1. The van der Waals surface area contributed by atoms with Crippen LogP contribution in [0.5, 0.6) is 0 Å². The van der Waals surface area contributed by atoms with Crippen molar-refractivity contribution < 1.29 is 4.79 Å². The fraction of sp³-hybridized carbons (Fsp3) is 0.0526. The number of carbonyl (C=O) groups is 1. The minimum atomic E-state index is -0.414. The van der Waals surface area contributed by atoms with Gasteiger partial charge in [-0.25, -0.2) is 0 Å². The lowest BCUT2D eigenvalue weighted by Crippen LogP contribution is -2.22. The van der Waals surface area contributed by atoms with E-state index < -0.39 is 11.5 Å². The summed E-state index contributed by atoms with van der Waals surface area (Å²) < 4.78 is 0. The molecule has 0 radical (unpaired) electrons. The Balaban J connectivity index is 1.69. The van der Waals surface area contributed by atoms with Gasteiger partial charge in [0.2, 0.25) is 0 Å². The summed E-state index contributed by atoms with van der Waals surface area (Å²) in [6.07, 6.45) is 2.34. The number of nitrogens with one attached hydrogen (secondary N) is 2. The van der Waals surface area contributed by atoms with Crippen LogP contribution in [0.2, 0.25) is 0 Å². The standard InChI is InChI=1S/C19H16N2O2/c22-18-17(7-4-12-20-18)19(23)21-16-10-8-15(9-11-16)13-14-5-2-1-3-6-14/h1-12H,13H2,(H,20,22)(H,21,23). The third-order valence-corrected chi connectivity index (χ3v) is 3.53. The molecule has 4 nitrogen and oxygen atoms in total. The highest BCUT2D eigenvalue weighted by atomic mass is 16.2. The lowest BCUT2D eigenvalue weighted by Gasteiger charge is -2.06. The first-order chi connectivity index (χ1) is 11.2. The summed E-state index contributed by atoms with van der Waals surface area (Å²) >= 11 is 0. The Hall–Kier alpha value is -3.14. The molecule has 1 amide bonds. The Morgan fingerprint density at radius 3 is 2.26 bits per heavy atom. The maximum Gasteiger partial charge on any atom is 0.261 e. The molecule has 2 aromatic carbocycles. The summed E-state index contributed by atoms with van der Waals surface area (Å²) in [4.78, 5) is 26.2. The number of hydrogen-bond donors (Lipinski definition) is 2. The third kappa shape index (κ3) is 3.74. The normalized spacial score (nSPS) is 10.3. The number of hydrogen-bond acceptors (Lipinski definition) is 2. The first-order valence-corrected chi connectivity index (χ1v) is 7.34. The SMILES string of the molecule is O=C(Nc1ccc(Cc2ccccc2)cc1)c1ccc[nH]c1=O. The van der Waals surface area contributed by atoms with E-state index in [4.69, 9.17) is 0 Å². The molecule has 0 aliphatic rings. The summed E-state index contributed by atoms with van der Waals surface area (Å²) in [5.74, 6) is -0.414. The van der Waals surface area contributed by atoms with Crippen molar-refractivity contribution in [3.8, 4) is 0 Å².